The van der Waals surface area contributed by atoms with Crippen LogP contribution in [0.4, 0.5) is 18.9 Å². The monoisotopic (exact) mass is 404 g/mol. The molecule has 0 saturated carbocycles. The van der Waals surface area contributed by atoms with Crippen LogP contribution in [0.15, 0.2) is 30.7 Å². The van der Waals surface area contributed by atoms with Gasteiger partial charge in [0, 0.05) is 12.7 Å². The molecule has 7 nitrogen and oxygen atoms in total. The first-order valence-corrected chi connectivity index (χ1v) is 8.22. The Morgan fingerprint density at radius 1 is 1.41 bits per heavy atom. The summed E-state index contributed by atoms with van der Waals surface area (Å²) in [4.78, 5) is 28.6. The molecule has 0 spiro atoms. The summed E-state index contributed by atoms with van der Waals surface area (Å²) in [6.45, 7) is 2.44. The largest absolute Gasteiger partial charge is 0.481 e. The Hall–Kier alpha value is -2.62. The number of carbonyl (C=O) groups is 2. The van der Waals surface area contributed by atoms with Crippen LogP contribution in [-0.4, -0.2) is 44.5 Å². The summed E-state index contributed by atoms with van der Waals surface area (Å²) in [7, 11) is 0. The molecule has 0 bridgehead atoms. The van der Waals surface area contributed by atoms with E-state index in [2.05, 4.69) is 10.1 Å². The van der Waals surface area contributed by atoms with Crippen molar-refractivity contribution in [2.75, 3.05) is 11.4 Å². The zero-order chi connectivity index (χ0) is 20.4. The fourth-order valence-electron chi connectivity index (χ4n) is 2.62. The van der Waals surface area contributed by atoms with E-state index in [1.807, 2.05) is 0 Å². The van der Waals surface area contributed by atoms with Crippen molar-refractivity contribution in [1.29, 1.82) is 0 Å². The van der Waals surface area contributed by atoms with E-state index in [9.17, 15) is 22.8 Å². The third kappa shape index (κ3) is 4.38. The Morgan fingerprint density at radius 3 is 2.56 bits per heavy atom. The molecule has 2 unspecified atom stereocenters. The number of hydrogen-bond donors (Lipinski definition) is 1. The molecule has 0 saturated heterocycles. The summed E-state index contributed by atoms with van der Waals surface area (Å²) in [5.74, 6) is -7.81. The summed E-state index contributed by atoms with van der Waals surface area (Å²) < 4.78 is 40.5. The van der Waals surface area contributed by atoms with Gasteiger partial charge in [-0.25, -0.2) is 4.68 Å². The van der Waals surface area contributed by atoms with Crippen LogP contribution in [0.25, 0.3) is 5.69 Å². The van der Waals surface area contributed by atoms with Gasteiger partial charge < -0.3 is 10.0 Å². The molecule has 1 amide bonds. The van der Waals surface area contributed by atoms with Crippen molar-refractivity contribution in [3.8, 4) is 5.69 Å². The minimum atomic E-state index is -5.07. The molecule has 27 heavy (non-hydrogen) atoms. The van der Waals surface area contributed by atoms with Crippen LogP contribution in [0.2, 0.25) is 5.15 Å². The topological polar surface area (TPSA) is 88.3 Å². The van der Waals surface area contributed by atoms with E-state index in [0.717, 1.165) is 11.8 Å². The highest BCUT2D eigenvalue weighted by Crippen LogP contribution is 2.35. The normalized spacial score (nSPS) is 13.9. The van der Waals surface area contributed by atoms with Crippen molar-refractivity contribution in [2.24, 2.45) is 11.8 Å². The van der Waals surface area contributed by atoms with E-state index in [-0.39, 0.29) is 17.4 Å². The molecule has 0 radical (unpaired) electrons. The third-order valence-corrected chi connectivity index (χ3v) is 4.21. The van der Waals surface area contributed by atoms with Crippen molar-refractivity contribution >= 4 is 29.2 Å². The molecule has 1 N–H and O–H groups in total. The van der Waals surface area contributed by atoms with Crippen LogP contribution in [0.3, 0.4) is 0 Å². The second-order valence-corrected chi connectivity index (χ2v) is 6.05. The van der Waals surface area contributed by atoms with Gasteiger partial charge in [0.2, 0.25) is 5.91 Å². The molecule has 0 aliphatic rings. The summed E-state index contributed by atoms with van der Waals surface area (Å²) in [6, 6.07) is 3.32. The second kappa shape index (κ2) is 7.95. The molecule has 146 valence electrons. The van der Waals surface area contributed by atoms with E-state index in [0.29, 0.717) is 5.69 Å². The lowest BCUT2D eigenvalue weighted by Crippen LogP contribution is -2.45. The summed E-state index contributed by atoms with van der Waals surface area (Å²) >= 11 is 6.06. The predicted octanol–water partition coefficient (Wildman–Crippen LogP) is 3.17. The number of alkyl halides is 3. The molecule has 11 heteroatoms. The van der Waals surface area contributed by atoms with Crippen molar-refractivity contribution in [3.63, 3.8) is 0 Å². The summed E-state index contributed by atoms with van der Waals surface area (Å²) in [5, 5.41) is 12.8. The highest BCUT2D eigenvalue weighted by Gasteiger charge is 2.51. The molecule has 0 fully saturated rings. The van der Waals surface area contributed by atoms with Gasteiger partial charge in [0.05, 0.1) is 24.0 Å². The molecular weight excluding hydrogens is 389 g/mol. The Labute approximate surface area is 157 Å². The van der Waals surface area contributed by atoms with E-state index in [4.69, 9.17) is 16.7 Å². The second-order valence-electron chi connectivity index (χ2n) is 5.69. The highest BCUT2D eigenvalue weighted by molar-refractivity contribution is 6.32. The smallest absolute Gasteiger partial charge is 0.402 e. The highest BCUT2D eigenvalue weighted by atomic mass is 35.5. The van der Waals surface area contributed by atoms with Gasteiger partial charge in [-0.05, 0) is 19.1 Å². The number of hydrogen-bond acceptors (Lipinski definition) is 4. The van der Waals surface area contributed by atoms with E-state index < -0.39 is 29.9 Å². The molecular formula is C16H16ClF3N4O3. The first kappa shape index (κ1) is 20.7. The van der Waals surface area contributed by atoms with Gasteiger partial charge in [-0.3, -0.25) is 14.6 Å². The Balaban J connectivity index is 2.37. The van der Waals surface area contributed by atoms with Crippen molar-refractivity contribution in [2.45, 2.75) is 20.0 Å². The number of carboxylic acid groups (broad SMARTS) is 1. The first-order chi connectivity index (χ1) is 12.6. The zero-order valence-electron chi connectivity index (χ0n) is 14.3. The van der Waals surface area contributed by atoms with Crippen molar-refractivity contribution in [3.05, 3.63) is 35.9 Å². The number of nitrogens with zero attached hydrogens (tertiary/aromatic N) is 4. The number of halogens is 4. The Kier molecular flexibility index (Phi) is 6.09. The van der Waals surface area contributed by atoms with Crippen molar-refractivity contribution < 1.29 is 27.9 Å². The number of carbonyl (C=O) groups excluding carboxylic acids is 1. The fraction of sp³-hybridized carbons (Fsp3) is 0.375. The maximum Gasteiger partial charge on any atom is 0.402 e. The summed E-state index contributed by atoms with van der Waals surface area (Å²) in [6.07, 6.45) is -0.666. The van der Waals surface area contributed by atoms with Gasteiger partial charge in [-0.1, -0.05) is 18.5 Å². The van der Waals surface area contributed by atoms with Crippen molar-refractivity contribution in [1.82, 2.24) is 14.8 Å². The average Bonchev–Trinajstić information content (AvgIpc) is 2.96. The first-order valence-electron chi connectivity index (χ1n) is 7.84. The SMILES string of the molecule is CCN(C(=O)C(C)C(C(=O)O)C(F)(F)F)c1cn(-c2cccnc2)nc1Cl. The molecule has 2 aromatic rings. The molecule has 0 aliphatic heterocycles. The zero-order valence-corrected chi connectivity index (χ0v) is 15.1. The van der Waals surface area contributed by atoms with Crippen LogP contribution in [0.5, 0.6) is 0 Å². The summed E-state index contributed by atoms with van der Waals surface area (Å²) in [5.41, 5.74) is 0.604. The van der Waals surface area contributed by atoms with E-state index in [1.165, 1.54) is 24.0 Å². The quantitative estimate of drug-likeness (QED) is 0.798. The number of aromatic nitrogens is 3. The van der Waals surface area contributed by atoms with Crippen LogP contribution in [0.1, 0.15) is 13.8 Å². The molecule has 2 aromatic heterocycles. The minimum Gasteiger partial charge on any atom is -0.481 e. The molecule has 2 rings (SSSR count). The fourth-order valence-corrected chi connectivity index (χ4v) is 2.85. The van der Waals surface area contributed by atoms with Gasteiger partial charge in [0.15, 0.2) is 11.1 Å². The Bertz CT molecular complexity index is 826. The molecule has 0 aromatic carbocycles. The van der Waals surface area contributed by atoms with Gasteiger partial charge in [0.1, 0.15) is 5.69 Å². The van der Waals surface area contributed by atoms with Crippen LogP contribution < -0.4 is 4.90 Å². The predicted molar refractivity (Wildman–Crippen MR) is 90.7 cm³/mol. The van der Waals surface area contributed by atoms with Crippen LogP contribution in [0, 0.1) is 11.8 Å². The number of rotatable bonds is 6. The maximum absolute atomic E-state index is 13.1. The number of anilines is 1. The van der Waals surface area contributed by atoms with E-state index in [1.54, 1.807) is 18.3 Å². The lowest BCUT2D eigenvalue weighted by Gasteiger charge is -2.27. The molecule has 2 heterocycles. The third-order valence-electron chi connectivity index (χ3n) is 3.94. The molecule has 0 aliphatic carbocycles. The minimum absolute atomic E-state index is 0.0220. The van der Waals surface area contributed by atoms with Crippen LogP contribution >= 0.6 is 11.6 Å². The lowest BCUT2D eigenvalue weighted by atomic mass is 9.92. The van der Waals surface area contributed by atoms with E-state index >= 15 is 0 Å². The number of carboxylic acids is 1. The van der Waals surface area contributed by atoms with Gasteiger partial charge in [0.25, 0.3) is 0 Å². The standard InChI is InChI=1S/C16H16ClF3N4O3/c1-3-23(14(25)9(2)12(15(26)27)16(18,19)20)11-8-24(22-13(11)17)10-5-4-6-21-7-10/h4-9,12H,3H2,1-2H3,(H,26,27). The average molecular weight is 405 g/mol. The van der Waals surface area contributed by atoms with Gasteiger partial charge in [-0.2, -0.15) is 18.3 Å². The number of pyridine rings is 1. The lowest BCUT2D eigenvalue weighted by molar-refractivity contribution is -0.203. The van der Waals surface area contributed by atoms with Crippen LogP contribution in [-0.2, 0) is 9.59 Å². The Morgan fingerprint density at radius 2 is 2.07 bits per heavy atom. The van der Waals surface area contributed by atoms with Gasteiger partial charge >= 0.3 is 12.1 Å². The van der Waals surface area contributed by atoms with Gasteiger partial charge in [-0.15, -0.1) is 0 Å². The number of aliphatic carboxylic acids is 1. The molecule has 2 atom stereocenters. The number of amides is 1. The maximum atomic E-state index is 13.1.